The van der Waals surface area contributed by atoms with Gasteiger partial charge >= 0.3 is 0 Å². The van der Waals surface area contributed by atoms with E-state index >= 15 is 0 Å². The summed E-state index contributed by atoms with van der Waals surface area (Å²) in [7, 11) is 0. The lowest BCUT2D eigenvalue weighted by Gasteiger charge is -2.28. The molecule has 2 atom stereocenters. The molecule has 0 radical (unpaired) electrons. The van der Waals surface area contributed by atoms with Crippen LogP contribution < -0.4 is 15.4 Å². The average Bonchev–Trinajstić information content (AvgIpc) is 2.78. The van der Waals surface area contributed by atoms with Crippen molar-refractivity contribution in [2.45, 2.75) is 25.3 Å². The number of benzene rings is 3. The number of carbonyl (C=O) groups is 2. The Morgan fingerprint density at radius 1 is 1.10 bits per heavy atom. The molecule has 2 unspecified atom stereocenters. The van der Waals surface area contributed by atoms with Crippen LogP contribution in [0.25, 0.3) is 0 Å². The molecule has 0 fully saturated rings. The fourth-order valence-electron chi connectivity index (χ4n) is 3.84. The third-order valence-corrected chi connectivity index (χ3v) is 5.31. The summed E-state index contributed by atoms with van der Waals surface area (Å²) in [5, 5.41) is 5.74. The van der Waals surface area contributed by atoms with Gasteiger partial charge in [-0.2, -0.15) is 0 Å². The molecule has 1 heterocycles. The maximum absolute atomic E-state index is 13.6. The number of amides is 2. The van der Waals surface area contributed by atoms with Crippen molar-refractivity contribution < 1.29 is 18.7 Å². The maximum Gasteiger partial charge on any atom is 0.228 e. The first-order chi connectivity index (χ1) is 15.0. The van der Waals surface area contributed by atoms with Crippen molar-refractivity contribution in [1.29, 1.82) is 0 Å². The van der Waals surface area contributed by atoms with Crippen molar-refractivity contribution in [3.05, 3.63) is 95.3 Å². The van der Waals surface area contributed by atoms with Gasteiger partial charge in [0.05, 0.1) is 18.6 Å². The molecule has 3 aromatic carbocycles. The van der Waals surface area contributed by atoms with Gasteiger partial charge in [-0.15, -0.1) is 0 Å². The summed E-state index contributed by atoms with van der Waals surface area (Å²) >= 11 is 0. The zero-order valence-electron chi connectivity index (χ0n) is 17.1. The Morgan fingerprint density at radius 2 is 1.81 bits per heavy atom. The van der Waals surface area contributed by atoms with Gasteiger partial charge in [-0.25, -0.2) is 4.39 Å². The van der Waals surface area contributed by atoms with E-state index in [2.05, 4.69) is 10.6 Å². The average molecular weight is 418 g/mol. The van der Waals surface area contributed by atoms with Crippen molar-refractivity contribution in [2.75, 3.05) is 11.9 Å². The van der Waals surface area contributed by atoms with Gasteiger partial charge in [0, 0.05) is 12.1 Å². The quantitative estimate of drug-likeness (QED) is 0.617. The highest BCUT2D eigenvalue weighted by atomic mass is 19.1. The molecule has 4 rings (SSSR count). The fourth-order valence-corrected chi connectivity index (χ4v) is 3.84. The number of carbonyl (C=O) groups excluding carboxylic acids is 2. The summed E-state index contributed by atoms with van der Waals surface area (Å²) < 4.78 is 19.1. The molecule has 2 N–H and O–H groups in total. The molecule has 0 bridgehead atoms. The van der Waals surface area contributed by atoms with Crippen LogP contribution in [-0.2, 0) is 9.59 Å². The van der Waals surface area contributed by atoms with Crippen LogP contribution in [0.2, 0.25) is 0 Å². The van der Waals surface area contributed by atoms with Crippen molar-refractivity contribution in [2.24, 2.45) is 0 Å². The summed E-state index contributed by atoms with van der Waals surface area (Å²) in [5.74, 6) is -1.000. The van der Waals surface area contributed by atoms with Gasteiger partial charge in [-0.3, -0.25) is 9.59 Å². The normalized spacial score (nSPS) is 16.1. The van der Waals surface area contributed by atoms with Crippen LogP contribution in [-0.4, -0.2) is 18.4 Å². The van der Waals surface area contributed by atoms with E-state index in [4.69, 9.17) is 4.74 Å². The molecule has 0 saturated heterocycles. The predicted octanol–water partition coefficient (Wildman–Crippen LogP) is 4.56. The second-order valence-corrected chi connectivity index (χ2v) is 7.39. The van der Waals surface area contributed by atoms with Crippen molar-refractivity contribution in [3.63, 3.8) is 0 Å². The molecule has 0 spiro atoms. The standard InChI is InChI=1S/C25H23FN2O3/c1-2-31-19-11-8-17(9-12-19)24(16-6-4-3-5-7-16)28-25(30)21-15-23(29)27-22-14-18(26)10-13-20(21)22/h3-14,21,24H,2,15H2,1H3,(H,27,29)(H,28,30). The Morgan fingerprint density at radius 3 is 2.52 bits per heavy atom. The highest BCUT2D eigenvalue weighted by Crippen LogP contribution is 2.34. The van der Waals surface area contributed by atoms with Crippen LogP contribution in [0.5, 0.6) is 5.75 Å². The van der Waals surface area contributed by atoms with Crippen LogP contribution in [0.1, 0.15) is 42.0 Å². The molecule has 2 amide bonds. The van der Waals surface area contributed by atoms with Crippen LogP contribution in [0, 0.1) is 5.82 Å². The second kappa shape index (κ2) is 9.00. The molecule has 0 saturated carbocycles. The first-order valence-electron chi connectivity index (χ1n) is 10.2. The third-order valence-electron chi connectivity index (χ3n) is 5.31. The van der Waals surface area contributed by atoms with Gasteiger partial charge < -0.3 is 15.4 Å². The minimum atomic E-state index is -0.696. The van der Waals surface area contributed by atoms with E-state index in [-0.39, 0.29) is 18.2 Å². The zero-order valence-corrected chi connectivity index (χ0v) is 17.1. The van der Waals surface area contributed by atoms with E-state index in [1.807, 2.05) is 61.5 Å². The number of anilines is 1. The predicted molar refractivity (Wildman–Crippen MR) is 116 cm³/mol. The van der Waals surface area contributed by atoms with Gasteiger partial charge in [-0.05, 0) is 47.9 Å². The number of nitrogens with one attached hydrogen (secondary N) is 2. The van der Waals surface area contributed by atoms with Gasteiger partial charge in [0.25, 0.3) is 0 Å². The van der Waals surface area contributed by atoms with E-state index in [0.717, 1.165) is 16.9 Å². The Hall–Kier alpha value is -3.67. The summed E-state index contributed by atoms with van der Waals surface area (Å²) in [6.45, 7) is 2.49. The fraction of sp³-hybridized carbons (Fsp3) is 0.200. The third kappa shape index (κ3) is 4.58. The Kier molecular flexibility index (Phi) is 5.98. The lowest BCUT2D eigenvalue weighted by atomic mass is 9.88. The number of rotatable bonds is 6. The number of hydrogen-bond acceptors (Lipinski definition) is 3. The highest BCUT2D eigenvalue weighted by Gasteiger charge is 2.32. The summed E-state index contributed by atoms with van der Waals surface area (Å²) in [5.41, 5.74) is 2.76. The first kappa shape index (κ1) is 20.6. The SMILES string of the molecule is CCOc1ccc(C(NC(=O)C2CC(=O)Nc3cc(F)ccc32)c2ccccc2)cc1. The van der Waals surface area contributed by atoms with Crippen LogP contribution >= 0.6 is 0 Å². The molecular weight excluding hydrogens is 395 g/mol. The molecule has 0 aromatic heterocycles. The molecule has 31 heavy (non-hydrogen) atoms. The summed E-state index contributed by atoms with van der Waals surface area (Å²) in [6.07, 6.45) is 0.00918. The second-order valence-electron chi connectivity index (χ2n) is 7.39. The summed E-state index contributed by atoms with van der Waals surface area (Å²) in [6, 6.07) is 20.9. The van der Waals surface area contributed by atoms with Gasteiger partial charge in [-0.1, -0.05) is 48.5 Å². The van der Waals surface area contributed by atoms with Crippen molar-refractivity contribution in [3.8, 4) is 5.75 Å². The smallest absolute Gasteiger partial charge is 0.228 e. The van der Waals surface area contributed by atoms with E-state index in [1.54, 1.807) is 6.07 Å². The van der Waals surface area contributed by atoms with Crippen LogP contribution in [0.15, 0.2) is 72.8 Å². The molecule has 0 aliphatic carbocycles. The number of halogens is 1. The minimum Gasteiger partial charge on any atom is -0.494 e. The van der Waals surface area contributed by atoms with E-state index in [0.29, 0.717) is 17.9 Å². The Balaban J connectivity index is 1.65. The summed E-state index contributed by atoms with van der Waals surface area (Å²) in [4.78, 5) is 25.5. The van der Waals surface area contributed by atoms with E-state index < -0.39 is 17.8 Å². The topological polar surface area (TPSA) is 67.4 Å². The van der Waals surface area contributed by atoms with Crippen LogP contribution in [0.3, 0.4) is 0 Å². The lowest BCUT2D eigenvalue weighted by Crippen LogP contribution is -2.37. The maximum atomic E-state index is 13.6. The molecule has 3 aromatic rings. The van der Waals surface area contributed by atoms with E-state index in [9.17, 15) is 14.0 Å². The zero-order chi connectivity index (χ0) is 21.8. The van der Waals surface area contributed by atoms with Crippen LogP contribution in [0.4, 0.5) is 10.1 Å². The first-order valence-corrected chi connectivity index (χ1v) is 10.2. The molecule has 6 heteroatoms. The van der Waals surface area contributed by atoms with Gasteiger partial charge in [0.1, 0.15) is 11.6 Å². The largest absolute Gasteiger partial charge is 0.494 e. The number of hydrogen-bond donors (Lipinski definition) is 2. The molecular formula is C25H23FN2O3. The molecule has 1 aliphatic heterocycles. The monoisotopic (exact) mass is 418 g/mol. The number of ether oxygens (including phenoxy) is 1. The van der Waals surface area contributed by atoms with Gasteiger partial charge in [0.2, 0.25) is 11.8 Å². The molecule has 158 valence electrons. The number of fused-ring (bicyclic) bond motifs is 1. The van der Waals surface area contributed by atoms with Crippen molar-refractivity contribution >= 4 is 17.5 Å². The van der Waals surface area contributed by atoms with Crippen molar-refractivity contribution in [1.82, 2.24) is 5.32 Å². The lowest BCUT2D eigenvalue weighted by molar-refractivity contribution is -0.126. The van der Waals surface area contributed by atoms with E-state index in [1.165, 1.54) is 12.1 Å². The highest BCUT2D eigenvalue weighted by molar-refractivity contribution is 6.01. The minimum absolute atomic E-state index is 0.00918. The molecule has 5 nitrogen and oxygen atoms in total. The molecule has 1 aliphatic rings. The Labute approximate surface area is 180 Å². The Bertz CT molecular complexity index is 1080. The van der Waals surface area contributed by atoms with Gasteiger partial charge in [0.15, 0.2) is 0 Å².